The molecule has 1 N–H and O–H groups in total. The Morgan fingerprint density at radius 2 is 1.85 bits per heavy atom. The van der Waals surface area contributed by atoms with Crippen molar-refractivity contribution in [3.8, 4) is 5.75 Å². The van der Waals surface area contributed by atoms with Crippen molar-refractivity contribution in [2.24, 2.45) is 0 Å². The van der Waals surface area contributed by atoms with Crippen molar-refractivity contribution in [2.75, 3.05) is 43.5 Å². The molecule has 0 radical (unpaired) electrons. The van der Waals surface area contributed by atoms with Gasteiger partial charge >= 0.3 is 6.03 Å². The van der Waals surface area contributed by atoms with Crippen LogP contribution >= 0.6 is 0 Å². The number of aromatic nitrogens is 2. The first-order chi connectivity index (χ1) is 12.7. The molecule has 1 saturated heterocycles. The van der Waals surface area contributed by atoms with E-state index in [1.165, 1.54) is 12.8 Å². The second kappa shape index (κ2) is 7.19. The molecule has 0 unspecified atom stereocenters. The molecule has 7 heteroatoms. The second-order valence-electron chi connectivity index (χ2n) is 6.70. The minimum atomic E-state index is -0.107. The molecule has 0 atom stereocenters. The van der Waals surface area contributed by atoms with E-state index in [0.29, 0.717) is 30.4 Å². The predicted molar refractivity (Wildman–Crippen MR) is 99.8 cm³/mol. The van der Waals surface area contributed by atoms with Crippen LogP contribution in [0.3, 0.4) is 0 Å². The highest BCUT2D eigenvalue weighted by Crippen LogP contribution is 2.38. The fourth-order valence-electron chi connectivity index (χ4n) is 3.18. The third-order valence-electron chi connectivity index (χ3n) is 4.91. The van der Waals surface area contributed by atoms with E-state index in [1.807, 2.05) is 35.2 Å². The van der Waals surface area contributed by atoms with Crippen LogP contribution in [-0.4, -0.2) is 54.4 Å². The Kier molecular flexibility index (Phi) is 4.60. The molecule has 2 aromatic rings. The number of methoxy groups -OCH3 is 1. The molecule has 1 aliphatic carbocycles. The van der Waals surface area contributed by atoms with Gasteiger partial charge in [-0.15, -0.1) is 5.10 Å². The van der Waals surface area contributed by atoms with E-state index in [-0.39, 0.29) is 6.03 Å². The Balaban J connectivity index is 1.33. The second-order valence-corrected chi connectivity index (χ2v) is 6.70. The SMILES string of the molecule is COc1ccccc1NC(=O)N1CCN(c2ccc(C3CC3)nn2)CC1. The largest absolute Gasteiger partial charge is 0.495 e. The lowest BCUT2D eigenvalue weighted by atomic mass is 10.2. The average Bonchev–Trinajstić information content (AvgIpc) is 3.54. The van der Waals surface area contributed by atoms with Crippen LogP contribution in [0.2, 0.25) is 0 Å². The number of nitrogens with zero attached hydrogens (tertiary/aromatic N) is 4. The number of rotatable bonds is 4. The molecule has 26 heavy (non-hydrogen) atoms. The van der Waals surface area contributed by atoms with E-state index in [1.54, 1.807) is 7.11 Å². The fourth-order valence-corrected chi connectivity index (χ4v) is 3.18. The van der Waals surface area contributed by atoms with Gasteiger partial charge in [0.2, 0.25) is 0 Å². The van der Waals surface area contributed by atoms with Gasteiger partial charge in [0, 0.05) is 32.1 Å². The summed E-state index contributed by atoms with van der Waals surface area (Å²) < 4.78 is 5.28. The molecule has 0 spiro atoms. The summed E-state index contributed by atoms with van der Waals surface area (Å²) in [4.78, 5) is 16.5. The maximum absolute atomic E-state index is 12.5. The Morgan fingerprint density at radius 3 is 2.50 bits per heavy atom. The zero-order valence-electron chi connectivity index (χ0n) is 14.9. The third-order valence-corrected chi connectivity index (χ3v) is 4.91. The summed E-state index contributed by atoms with van der Waals surface area (Å²) in [6.45, 7) is 2.79. The maximum atomic E-state index is 12.5. The van der Waals surface area contributed by atoms with Gasteiger partial charge in [-0.1, -0.05) is 12.1 Å². The first-order valence-corrected chi connectivity index (χ1v) is 9.02. The molecule has 4 rings (SSSR count). The van der Waals surface area contributed by atoms with Crippen molar-refractivity contribution < 1.29 is 9.53 Å². The predicted octanol–water partition coefficient (Wildman–Crippen LogP) is 2.72. The molecule has 1 aliphatic heterocycles. The lowest BCUT2D eigenvalue weighted by Crippen LogP contribution is -2.50. The quantitative estimate of drug-likeness (QED) is 0.915. The van der Waals surface area contributed by atoms with E-state index in [9.17, 15) is 4.79 Å². The standard InChI is InChI=1S/C19H23N5O2/c1-26-17-5-3-2-4-16(17)20-19(25)24-12-10-23(11-13-24)18-9-8-15(21-22-18)14-6-7-14/h2-5,8-9,14H,6-7,10-13H2,1H3,(H,20,25). The van der Waals surface area contributed by atoms with Crippen molar-refractivity contribution in [3.63, 3.8) is 0 Å². The average molecular weight is 353 g/mol. The molecule has 2 aliphatic rings. The highest BCUT2D eigenvalue weighted by molar-refractivity contribution is 5.91. The molecule has 0 bridgehead atoms. The molecule has 1 saturated carbocycles. The minimum absolute atomic E-state index is 0.107. The minimum Gasteiger partial charge on any atom is -0.495 e. The monoisotopic (exact) mass is 353 g/mol. The molecule has 136 valence electrons. The smallest absolute Gasteiger partial charge is 0.322 e. The van der Waals surface area contributed by atoms with Crippen LogP contribution in [0.15, 0.2) is 36.4 Å². The number of benzene rings is 1. The van der Waals surface area contributed by atoms with Gasteiger partial charge in [-0.05, 0) is 37.1 Å². The molecule has 2 amide bonds. The number of ether oxygens (including phenoxy) is 1. The Morgan fingerprint density at radius 1 is 1.08 bits per heavy atom. The van der Waals surface area contributed by atoms with Crippen LogP contribution in [0.1, 0.15) is 24.5 Å². The lowest BCUT2D eigenvalue weighted by molar-refractivity contribution is 0.208. The van der Waals surface area contributed by atoms with E-state index in [0.717, 1.165) is 24.6 Å². The molecule has 1 aromatic carbocycles. The van der Waals surface area contributed by atoms with Crippen LogP contribution in [-0.2, 0) is 0 Å². The number of piperazine rings is 1. The molecule has 7 nitrogen and oxygen atoms in total. The topological polar surface area (TPSA) is 70.6 Å². The molecular formula is C19H23N5O2. The fraction of sp³-hybridized carbons (Fsp3) is 0.421. The van der Waals surface area contributed by atoms with E-state index in [2.05, 4.69) is 26.5 Å². The highest BCUT2D eigenvalue weighted by Gasteiger charge is 2.26. The number of carbonyl (C=O) groups is 1. The molecular weight excluding hydrogens is 330 g/mol. The van der Waals surface area contributed by atoms with Crippen molar-refractivity contribution in [1.82, 2.24) is 15.1 Å². The van der Waals surface area contributed by atoms with E-state index < -0.39 is 0 Å². The van der Waals surface area contributed by atoms with Crippen molar-refractivity contribution in [1.29, 1.82) is 0 Å². The van der Waals surface area contributed by atoms with Gasteiger partial charge in [0.1, 0.15) is 5.75 Å². The van der Waals surface area contributed by atoms with Crippen LogP contribution in [0.4, 0.5) is 16.3 Å². The number of amides is 2. The van der Waals surface area contributed by atoms with Crippen molar-refractivity contribution in [2.45, 2.75) is 18.8 Å². The van der Waals surface area contributed by atoms with Crippen molar-refractivity contribution in [3.05, 3.63) is 42.1 Å². The highest BCUT2D eigenvalue weighted by atomic mass is 16.5. The van der Waals surface area contributed by atoms with Crippen LogP contribution in [0.25, 0.3) is 0 Å². The van der Waals surface area contributed by atoms with Gasteiger partial charge in [-0.2, -0.15) is 5.10 Å². The van der Waals surface area contributed by atoms with Gasteiger partial charge in [0.05, 0.1) is 18.5 Å². The summed E-state index contributed by atoms with van der Waals surface area (Å²) in [5.74, 6) is 2.16. The summed E-state index contributed by atoms with van der Waals surface area (Å²) in [7, 11) is 1.60. The third kappa shape index (κ3) is 3.56. The van der Waals surface area contributed by atoms with Crippen LogP contribution < -0.4 is 15.0 Å². The number of carbonyl (C=O) groups excluding carboxylic acids is 1. The summed E-state index contributed by atoms with van der Waals surface area (Å²) in [5.41, 5.74) is 1.78. The number of hydrogen-bond acceptors (Lipinski definition) is 5. The van der Waals surface area contributed by atoms with E-state index >= 15 is 0 Å². The molecule has 1 aromatic heterocycles. The van der Waals surface area contributed by atoms with Crippen LogP contribution in [0.5, 0.6) is 5.75 Å². The van der Waals surface area contributed by atoms with Gasteiger partial charge in [0.15, 0.2) is 5.82 Å². The van der Waals surface area contributed by atoms with Gasteiger partial charge in [-0.3, -0.25) is 0 Å². The number of urea groups is 1. The number of anilines is 2. The van der Waals surface area contributed by atoms with Crippen molar-refractivity contribution >= 4 is 17.5 Å². The summed E-state index contributed by atoms with van der Waals surface area (Å²) >= 11 is 0. The van der Waals surface area contributed by atoms with E-state index in [4.69, 9.17) is 4.74 Å². The Labute approximate surface area is 153 Å². The maximum Gasteiger partial charge on any atom is 0.322 e. The first-order valence-electron chi connectivity index (χ1n) is 9.02. The summed E-state index contributed by atoms with van der Waals surface area (Å²) in [5, 5.41) is 11.6. The summed E-state index contributed by atoms with van der Waals surface area (Å²) in [6, 6.07) is 11.4. The zero-order chi connectivity index (χ0) is 17.9. The van der Waals surface area contributed by atoms with Gasteiger partial charge in [0.25, 0.3) is 0 Å². The number of hydrogen-bond donors (Lipinski definition) is 1. The number of para-hydroxylation sites is 2. The van der Waals surface area contributed by atoms with Gasteiger partial charge in [-0.25, -0.2) is 4.79 Å². The Bertz CT molecular complexity index is 768. The first kappa shape index (κ1) is 16.6. The lowest BCUT2D eigenvalue weighted by Gasteiger charge is -2.35. The zero-order valence-corrected chi connectivity index (χ0v) is 14.9. The molecule has 2 heterocycles. The number of nitrogens with one attached hydrogen (secondary N) is 1. The normalized spacial score (nSPS) is 17.1. The molecule has 2 fully saturated rings. The van der Waals surface area contributed by atoms with Crippen LogP contribution in [0, 0.1) is 0 Å². The summed E-state index contributed by atoms with van der Waals surface area (Å²) in [6.07, 6.45) is 2.46. The Hall–Kier alpha value is -2.83. The van der Waals surface area contributed by atoms with Gasteiger partial charge < -0.3 is 19.9 Å².